The summed E-state index contributed by atoms with van der Waals surface area (Å²) in [5.74, 6) is 0.416. The number of amides is 1. The van der Waals surface area contributed by atoms with Gasteiger partial charge in [0.15, 0.2) is 0 Å². The van der Waals surface area contributed by atoms with Crippen LogP contribution in [0.15, 0.2) is 0 Å². The Bertz CT molecular complexity index is 249. The van der Waals surface area contributed by atoms with E-state index in [4.69, 9.17) is 4.84 Å². The zero-order chi connectivity index (χ0) is 14.1. The summed E-state index contributed by atoms with van der Waals surface area (Å²) in [5.41, 5.74) is 0. The third-order valence-electron chi connectivity index (χ3n) is 3.51. The SMILES string of the molecule is CCCCCCNC(=O)C1CCN(OC(C)C)CC1. The lowest BCUT2D eigenvalue weighted by molar-refractivity contribution is -0.200. The highest BCUT2D eigenvalue weighted by molar-refractivity contribution is 5.78. The first kappa shape index (κ1) is 16.4. The molecule has 0 aromatic rings. The van der Waals surface area contributed by atoms with Crippen molar-refractivity contribution in [3.05, 3.63) is 0 Å². The van der Waals surface area contributed by atoms with E-state index < -0.39 is 0 Å². The summed E-state index contributed by atoms with van der Waals surface area (Å²) >= 11 is 0. The Morgan fingerprint density at radius 3 is 2.53 bits per heavy atom. The highest BCUT2D eigenvalue weighted by atomic mass is 16.7. The highest BCUT2D eigenvalue weighted by Crippen LogP contribution is 2.18. The molecule has 0 bridgehead atoms. The van der Waals surface area contributed by atoms with E-state index in [9.17, 15) is 4.79 Å². The molecule has 4 nitrogen and oxygen atoms in total. The lowest BCUT2D eigenvalue weighted by Crippen LogP contribution is -2.41. The summed E-state index contributed by atoms with van der Waals surface area (Å²) in [6, 6.07) is 0. The molecule has 0 unspecified atom stereocenters. The third-order valence-corrected chi connectivity index (χ3v) is 3.51. The third kappa shape index (κ3) is 6.92. The lowest BCUT2D eigenvalue weighted by atomic mass is 9.97. The molecule has 19 heavy (non-hydrogen) atoms. The highest BCUT2D eigenvalue weighted by Gasteiger charge is 2.25. The fraction of sp³-hybridized carbons (Fsp3) is 0.933. The number of carbonyl (C=O) groups is 1. The molecule has 4 heteroatoms. The Labute approximate surface area is 117 Å². The predicted molar refractivity (Wildman–Crippen MR) is 77.7 cm³/mol. The predicted octanol–water partition coefficient (Wildman–Crippen LogP) is 2.73. The van der Waals surface area contributed by atoms with E-state index in [0.29, 0.717) is 0 Å². The Morgan fingerprint density at radius 1 is 1.26 bits per heavy atom. The molecule has 112 valence electrons. The molecular weight excluding hydrogens is 240 g/mol. The van der Waals surface area contributed by atoms with E-state index in [1.54, 1.807) is 0 Å². The number of rotatable bonds is 8. The van der Waals surface area contributed by atoms with Gasteiger partial charge in [-0.05, 0) is 33.1 Å². The standard InChI is InChI=1S/C15H30N2O2/c1-4-5-6-7-10-16-15(18)14-8-11-17(12-9-14)19-13(2)3/h13-14H,4-12H2,1-3H3,(H,16,18). The normalized spacial score (nSPS) is 17.9. The van der Waals surface area contributed by atoms with E-state index in [0.717, 1.165) is 38.9 Å². The minimum atomic E-state index is 0.179. The molecule has 1 aliphatic heterocycles. The smallest absolute Gasteiger partial charge is 0.223 e. The molecule has 0 aliphatic carbocycles. The van der Waals surface area contributed by atoms with Gasteiger partial charge in [0.05, 0.1) is 6.10 Å². The number of piperidine rings is 1. The Morgan fingerprint density at radius 2 is 1.95 bits per heavy atom. The van der Waals surface area contributed by atoms with Gasteiger partial charge >= 0.3 is 0 Å². The maximum Gasteiger partial charge on any atom is 0.223 e. The molecule has 1 aliphatic rings. The minimum absolute atomic E-state index is 0.179. The number of hydrogen-bond donors (Lipinski definition) is 1. The van der Waals surface area contributed by atoms with Crippen molar-refractivity contribution < 1.29 is 9.63 Å². The van der Waals surface area contributed by atoms with Crippen LogP contribution < -0.4 is 5.32 Å². The molecule has 1 amide bonds. The van der Waals surface area contributed by atoms with Crippen LogP contribution in [0.25, 0.3) is 0 Å². The zero-order valence-electron chi connectivity index (χ0n) is 12.8. The van der Waals surface area contributed by atoms with Crippen LogP contribution in [0.5, 0.6) is 0 Å². The summed E-state index contributed by atoms with van der Waals surface area (Å²) in [7, 11) is 0. The summed E-state index contributed by atoms with van der Waals surface area (Å²) in [4.78, 5) is 17.6. The number of nitrogens with one attached hydrogen (secondary N) is 1. The van der Waals surface area contributed by atoms with Crippen LogP contribution in [0.3, 0.4) is 0 Å². The van der Waals surface area contributed by atoms with E-state index >= 15 is 0 Å². The molecule has 0 atom stereocenters. The number of nitrogens with zero attached hydrogens (tertiary/aromatic N) is 1. The first-order chi connectivity index (χ1) is 9.13. The number of carbonyl (C=O) groups excluding carboxylic acids is 1. The molecule has 1 rings (SSSR count). The molecule has 1 fully saturated rings. The first-order valence-electron chi connectivity index (χ1n) is 7.83. The average molecular weight is 270 g/mol. The second-order valence-electron chi connectivity index (χ2n) is 5.71. The molecule has 0 aromatic carbocycles. The van der Waals surface area contributed by atoms with Crippen molar-refractivity contribution in [2.45, 2.75) is 65.4 Å². The molecule has 0 aromatic heterocycles. The van der Waals surface area contributed by atoms with E-state index in [-0.39, 0.29) is 17.9 Å². The monoisotopic (exact) mass is 270 g/mol. The van der Waals surface area contributed by atoms with Crippen molar-refractivity contribution in [1.29, 1.82) is 0 Å². The number of hydroxylamine groups is 2. The van der Waals surface area contributed by atoms with Crippen LogP contribution in [-0.2, 0) is 9.63 Å². The van der Waals surface area contributed by atoms with Crippen molar-refractivity contribution in [2.75, 3.05) is 19.6 Å². The van der Waals surface area contributed by atoms with Crippen molar-refractivity contribution in [3.63, 3.8) is 0 Å². The van der Waals surface area contributed by atoms with Gasteiger partial charge in [-0.3, -0.25) is 9.63 Å². The van der Waals surface area contributed by atoms with E-state index in [1.807, 2.05) is 18.9 Å². The van der Waals surface area contributed by atoms with Crippen LogP contribution in [0.1, 0.15) is 59.3 Å². The van der Waals surface area contributed by atoms with Crippen molar-refractivity contribution in [3.8, 4) is 0 Å². The average Bonchev–Trinajstić information content (AvgIpc) is 2.38. The summed E-state index contributed by atoms with van der Waals surface area (Å²) in [6.07, 6.45) is 6.88. The molecule has 1 heterocycles. The molecular formula is C15H30N2O2. The van der Waals surface area contributed by atoms with Crippen LogP contribution in [0.4, 0.5) is 0 Å². The van der Waals surface area contributed by atoms with Gasteiger partial charge in [0.1, 0.15) is 0 Å². The summed E-state index contributed by atoms with van der Waals surface area (Å²) in [6.45, 7) is 8.84. The van der Waals surface area contributed by atoms with Crippen LogP contribution in [0, 0.1) is 5.92 Å². The quantitative estimate of drug-likeness (QED) is 0.690. The Balaban J connectivity index is 2.11. The number of unbranched alkanes of at least 4 members (excludes halogenated alkanes) is 3. The molecule has 0 radical (unpaired) electrons. The molecule has 0 saturated carbocycles. The Kier molecular flexibility index (Phi) is 8.07. The van der Waals surface area contributed by atoms with Crippen LogP contribution in [0.2, 0.25) is 0 Å². The number of hydrogen-bond acceptors (Lipinski definition) is 3. The maximum absolute atomic E-state index is 12.0. The largest absolute Gasteiger partial charge is 0.356 e. The van der Waals surface area contributed by atoms with Gasteiger partial charge in [-0.15, -0.1) is 0 Å². The topological polar surface area (TPSA) is 41.6 Å². The second kappa shape index (κ2) is 9.32. The van der Waals surface area contributed by atoms with E-state index in [2.05, 4.69) is 12.2 Å². The molecule has 0 spiro atoms. The van der Waals surface area contributed by atoms with Crippen LogP contribution in [-0.4, -0.2) is 36.7 Å². The fourth-order valence-electron chi connectivity index (χ4n) is 2.43. The van der Waals surface area contributed by atoms with Gasteiger partial charge in [-0.1, -0.05) is 26.2 Å². The van der Waals surface area contributed by atoms with Gasteiger partial charge in [-0.25, -0.2) is 0 Å². The fourth-order valence-corrected chi connectivity index (χ4v) is 2.43. The van der Waals surface area contributed by atoms with Gasteiger partial charge in [0, 0.05) is 25.6 Å². The molecule has 1 N–H and O–H groups in total. The van der Waals surface area contributed by atoms with Gasteiger partial charge in [0.25, 0.3) is 0 Å². The van der Waals surface area contributed by atoms with Gasteiger partial charge in [0.2, 0.25) is 5.91 Å². The first-order valence-corrected chi connectivity index (χ1v) is 7.83. The minimum Gasteiger partial charge on any atom is -0.356 e. The van der Waals surface area contributed by atoms with Crippen LogP contribution >= 0.6 is 0 Å². The Hall–Kier alpha value is -0.610. The maximum atomic E-state index is 12.0. The molecule has 1 saturated heterocycles. The lowest BCUT2D eigenvalue weighted by Gasteiger charge is -2.31. The second-order valence-corrected chi connectivity index (χ2v) is 5.71. The summed E-state index contributed by atoms with van der Waals surface area (Å²) in [5, 5.41) is 5.06. The van der Waals surface area contributed by atoms with Crippen molar-refractivity contribution in [2.24, 2.45) is 5.92 Å². The van der Waals surface area contributed by atoms with Crippen molar-refractivity contribution in [1.82, 2.24) is 10.4 Å². The van der Waals surface area contributed by atoms with Gasteiger partial charge < -0.3 is 5.32 Å². The zero-order valence-corrected chi connectivity index (χ0v) is 12.8. The van der Waals surface area contributed by atoms with Crippen molar-refractivity contribution >= 4 is 5.91 Å². The summed E-state index contributed by atoms with van der Waals surface area (Å²) < 4.78 is 0. The van der Waals surface area contributed by atoms with E-state index in [1.165, 1.54) is 19.3 Å². The van der Waals surface area contributed by atoms with Gasteiger partial charge in [-0.2, -0.15) is 5.06 Å².